The SMILES string of the molecule is Cn1c(=O)c2[nH]c(N(CCN)C3CCC3)nc2n(C)c1=O. The van der Waals surface area contributed by atoms with Crippen molar-refractivity contribution in [2.75, 3.05) is 18.0 Å². The molecule has 8 nitrogen and oxygen atoms in total. The Morgan fingerprint density at radius 3 is 2.62 bits per heavy atom. The lowest BCUT2D eigenvalue weighted by Gasteiger charge is -2.37. The molecule has 0 saturated heterocycles. The van der Waals surface area contributed by atoms with Gasteiger partial charge in [-0.15, -0.1) is 0 Å². The van der Waals surface area contributed by atoms with Crippen LogP contribution in [-0.4, -0.2) is 38.2 Å². The number of anilines is 1. The van der Waals surface area contributed by atoms with Gasteiger partial charge in [-0.2, -0.15) is 4.98 Å². The average molecular weight is 292 g/mol. The zero-order valence-electron chi connectivity index (χ0n) is 12.3. The maximum absolute atomic E-state index is 12.2. The minimum Gasteiger partial charge on any atom is -0.338 e. The molecular weight excluding hydrogens is 272 g/mol. The first-order chi connectivity index (χ1) is 10.0. The molecule has 3 N–H and O–H groups in total. The van der Waals surface area contributed by atoms with Crippen LogP contribution in [0.15, 0.2) is 9.59 Å². The van der Waals surface area contributed by atoms with E-state index < -0.39 is 0 Å². The standard InChI is InChI=1S/C13H20N6O2/c1-17-10-9(11(20)18(2)13(17)21)15-12(16-10)19(7-6-14)8-4-3-5-8/h8H,3-7,14H2,1-2H3,(H,15,16). The molecule has 2 aromatic heterocycles. The van der Waals surface area contributed by atoms with Gasteiger partial charge in [0.05, 0.1) is 0 Å². The largest absolute Gasteiger partial charge is 0.338 e. The van der Waals surface area contributed by atoms with E-state index >= 15 is 0 Å². The third-order valence-electron chi connectivity index (χ3n) is 4.24. The molecular formula is C13H20N6O2. The van der Waals surface area contributed by atoms with Gasteiger partial charge in [-0.3, -0.25) is 13.9 Å². The first-order valence-corrected chi connectivity index (χ1v) is 7.17. The molecule has 0 amide bonds. The van der Waals surface area contributed by atoms with Crippen LogP contribution < -0.4 is 21.9 Å². The van der Waals surface area contributed by atoms with Crippen LogP contribution in [-0.2, 0) is 14.1 Å². The van der Waals surface area contributed by atoms with Crippen molar-refractivity contribution in [1.82, 2.24) is 19.1 Å². The van der Waals surface area contributed by atoms with Crippen molar-refractivity contribution in [2.24, 2.45) is 19.8 Å². The van der Waals surface area contributed by atoms with Gasteiger partial charge in [-0.1, -0.05) is 0 Å². The van der Waals surface area contributed by atoms with Crippen LogP contribution >= 0.6 is 0 Å². The molecule has 0 radical (unpaired) electrons. The highest BCUT2D eigenvalue weighted by molar-refractivity contribution is 5.73. The predicted octanol–water partition coefficient (Wildman–Crippen LogP) is -0.722. The normalized spacial score (nSPS) is 15.4. The van der Waals surface area contributed by atoms with Crippen LogP contribution in [0.1, 0.15) is 19.3 Å². The fourth-order valence-electron chi connectivity index (χ4n) is 2.75. The number of aromatic nitrogens is 4. The monoisotopic (exact) mass is 292 g/mol. The lowest BCUT2D eigenvalue weighted by molar-refractivity contribution is 0.384. The van der Waals surface area contributed by atoms with Crippen LogP contribution in [0.25, 0.3) is 11.2 Å². The van der Waals surface area contributed by atoms with Crippen LogP contribution in [0.5, 0.6) is 0 Å². The summed E-state index contributed by atoms with van der Waals surface area (Å²) in [6.45, 7) is 1.20. The van der Waals surface area contributed by atoms with Crippen molar-refractivity contribution in [3.63, 3.8) is 0 Å². The molecule has 1 saturated carbocycles. The summed E-state index contributed by atoms with van der Waals surface area (Å²) in [5.41, 5.74) is 5.70. The van der Waals surface area contributed by atoms with Crippen molar-refractivity contribution in [3.05, 3.63) is 20.8 Å². The summed E-state index contributed by atoms with van der Waals surface area (Å²) >= 11 is 0. The summed E-state index contributed by atoms with van der Waals surface area (Å²) in [6.07, 6.45) is 3.41. The lowest BCUT2D eigenvalue weighted by Crippen LogP contribution is -2.43. The summed E-state index contributed by atoms with van der Waals surface area (Å²) in [7, 11) is 3.08. The molecule has 0 bridgehead atoms. The fraction of sp³-hybridized carbons (Fsp3) is 0.615. The number of hydrogen-bond acceptors (Lipinski definition) is 5. The molecule has 8 heteroatoms. The van der Waals surface area contributed by atoms with Crippen molar-refractivity contribution in [2.45, 2.75) is 25.3 Å². The number of nitrogens with one attached hydrogen (secondary N) is 1. The third kappa shape index (κ3) is 2.06. The van der Waals surface area contributed by atoms with Crippen molar-refractivity contribution in [3.8, 4) is 0 Å². The molecule has 114 valence electrons. The molecule has 0 spiro atoms. The Balaban J connectivity index is 2.16. The summed E-state index contributed by atoms with van der Waals surface area (Å²) < 4.78 is 2.47. The molecule has 0 aliphatic heterocycles. The Hall–Kier alpha value is -2.09. The zero-order valence-corrected chi connectivity index (χ0v) is 12.3. The number of hydrogen-bond donors (Lipinski definition) is 2. The summed E-state index contributed by atoms with van der Waals surface area (Å²) in [5.74, 6) is 0.624. The summed E-state index contributed by atoms with van der Waals surface area (Å²) in [6, 6.07) is 0.412. The molecule has 2 heterocycles. The number of H-pyrrole nitrogens is 1. The van der Waals surface area contributed by atoms with E-state index in [0.717, 1.165) is 17.4 Å². The highest BCUT2D eigenvalue weighted by atomic mass is 16.2. The van der Waals surface area contributed by atoms with Gasteiger partial charge in [0.25, 0.3) is 5.56 Å². The Morgan fingerprint density at radius 2 is 2.05 bits per heavy atom. The fourth-order valence-corrected chi connectivity index (χ4v) is 2.75. The van der Waals surface area contributed by atoms with E-state index in [0.29, 0.717) is 36.2 Å². The van der Waals surface area contributed by atoms with Gasteiger partial charge in [-0.05, 0) is 19.3 Å². The Bertz CT molecular complexity index is 782. The number of rotatable bonds is 4. The third-order valence-corrected chi connectivity index (χ3v) is 4.24. The number of aryl methyl sites for hydroxylation is 1. The van der Waals surface area contributed by atoms with Gasteiger partial charge >= 0.3 is 5.69 Å². The van der Waals surface area contributed by atoms with Crippen LogP contribution in [0, 0.1) is 0 Å². The highest BCUT2D eigenvalue weighted by Crippen LogP contribution is 2.28. The Labute approximate surface area is 121 Å². The second-order valence-corrected chi connectivity index (χ2v) is 5.53. The zero-order chi connectivity index (χ0) is 15.1. The smallest absolute Gasteiger partial charge is 0.332 e. The van der Waals surface area contributed by atoms with Gasteiger partial charge in [0.15, 0.2) is 11.2 Å². The average Bonchev–Trinajstić information content (AvgIpc) is 2.85. The topological polar surface area (TPSA) is 102 Å². The van der Waals surface area contributed by atoms with Gasteiger partial charge in [0.2, 0.25) is 5.95 Å². The molecule has 1 aliphatic carbocycles. The first kappa shape index (κ1) is 13.9. The van der Waals surface area contributed by atoms with Crippen molar-refractivity contribution >= 4 is 17.1 Å². The predicted molar refractivity (Wildman–Crippen MR) is 80.6 cm³/mol. The van der Waals surface area contributed by atoms with Gasteiger partial charge < -0.3 is 15.6 Å². The van der Waals surface area contributed by atoms with Crippen molar-refractivity contribution in [1.29, 1.82) is 0 Å². The summed E-state index contributed by atoms with van der Waals surface area (Å²) in [5, 5.41) is 0. The van der Waals surface area contributed by atoms with E-state index in [1.165, 1.54) is 18.0 Å². The number of fused-ring (bicyclic) bond motifs is 1. The quantitative estimate of drug-likeness (QED) is 0.774. The molecule has 0 atom stereocenters. The Morgan fingerprint density at radius 1 is 1.33 bits per heavy atom. The molecule has 2 aromatic rings. The molecule has 0 aromatic carbocycles. The first-order valence-electron chi connectivity index (χ1n) is 7.17. The van der Waals surface area contributed by atoms with E-state index in [9.17, 15) is 9.59 Å². The molecule has 1 aliphatic rings. The molecule has 1 fully saturated rings. The highest BCUT2D eigenvalue weighted by Gasteiger charge is 2.27. The lowest BCUT2D eigenvalue weighted by atomic mass is 9.92. The molecule has 21 heavy (non-hydrogen) atoms. The number of nitrogens with two attached hydrogens (primary N) is 1. The maximum atomic E-state index is 12.2. The Kier molecular flexibility index (Phi) is 3.32. The van der Waals surface area contributed by atoms with Gasteiger partial charge in [0, 0.05) is 33.2 Å². The van der Waals surface area contributed by atoms with Crippen LogP contribution in [0.3, 0.4) is 0 Å². The molecule has 3 rings (SSSR count). The second-order valence-electron chi connectivity index (χ2n) is 5.53. The molecule has 0 unspecified atom stereocenters. The number of imidazole rings is 1. The van der Waals surface area contributed by atoms with Gasteiger partial charge in [-0.25, -0.2) is 4.79 Å². The van der Waals surface area contributed by atoms with E-state index in [-0.39, 0.29) is 11.2 Å². The second kappa shape index (κ2) is 5.03. The van der Waals surface area contributed by atoms with E-state index in [1.54, 1.807) is 7.05 Å². The summed E-state index contributed by atoms with van der Waals surface area (Å²) in [4.78, 5) is 33.8. The van der Waals surface area contributed by atoms with E-state index in [4.69, 9.17) is 5.73 Å². The van der Waals surface area contributed by atoms with E-state index in [1.807, 2.05) is 0 Å². The minimum absolute atomic E-state index is 0.354. The van der Waals surface area contributed by atoms with Crippen molar-refractivity contribution < 1.29 is 0 Å². The number of nitrogens with zero attached hydrogens (tertiary/aromatic N) is 4. The minimum atomic E-state index is -0.375. The van der Waals surface area contributed by atoms with Crippen LogP contribution in [0.4, 0.5) is 5.95 Å². The van der Waals surface area contributed by atoms with E-state index in [2.05, 4.69) is 14.9 Å². The maximum Gasteiger partial charge on any atom is 0.332 e. The van der Waals surface area contributed by atoms with Gasteiger partial charge in [0.1, 0.15) is 0 Å². The van der Waals surface area contributed by atoms with Crippen LogP contribution in [0.2, 0.25) is 0 Å². The number of aromatic amines is 1.